The van der Waals surface area contributed by atoms with E-state index in [-0.39, 0.29) is 17.7 Å². The van der Waals surface area contributed by atoms with Crippen LogP contribution in [0.25, 0.3) is 0 Å². The van der Waals surface area contributed by atoms with Crippen molar-refractivity contribution in [3.63, 3.8) is 0 Å². The number of hydrogen-bond acceptors (Lipinski definition) is 3. The fourth-order valence-electron chi connectivity index (χ4n) is 2.53. The molecule has 2 unspecified atom stereocenters. The molecule has 3 heteroatoms. The molecule has 1 heterocycles. The van der Waals surface area contributed by atoms with Gasteiger partial charge in [-0.05, 0) is 46.2 Å². The molecule has 18 heavy (non-hydrogen) atoms. The Morgan fingerprint density at radius 3 is 2.83 bits per heavy atom. The maximum Gasteiger partial charge on any atom is 0.125 e. The van der Waals surface area contributed by atoms with E-state index >= 15 is 0 Å². The highest BCUT2D eigenvalue weighted by Gasteiger charge is 2.40. The first-order valence-corrected chi connectivity index (χ1v) is 6.70. The lowest BCUT2D eigenvalue weighted by molar-refractivity contribution is 0.0956. The van der Waals surface area contributed by atoms with E-state index < -0.39 is 0 Å². The number of benzene rings is 1. The van der Waals surface area contributed by atoms with Gasteiger partial charge in [-0.1, -0.05) is 18.2 Å². The lowest BCUT2D eigenvalue weighted by Crippen LogP contribution is -2.39. The van der Waals surface area contributed by atoms with Crippen molar-refractivity contribution in [2.75, 3.05) is 6.54 Å². The summed E-state index contributed by atoms with van der Waals surface area (Å²) in [5.74, 6) is 0.982. The summed E-state index contributed by atoms with van der Waals surface area (Å²) in [6, 6.07) is 8.42. The predicted octanol–water partition coefficient (Wildman–Crippen LogP) is 2.65. The van der Waals surface area contributed by atoms with Crippen molar-refractivity contribution < 1.29 is 9.84 Å². The van der Waals surface area contributed by atoms with E-state index in [1.807, 2.05) is 25.1 Å². The highest BCUT2D eigenvalue weighted by Crippen LogP contribution is 2.42. The lowest BCUT2D eigenvalue weighted by Gasteiger charge is -2.27. The zero-order valence-electron chi connectivity index (χ0n) is 11.4. The smallest absolute Gasteiger partial charge is 0.125 e. The van der Waals surface area contributed by atoms with Gasteiger partial charge in [-0.2, -0.15) is 0 Å². The number of nitrogens with one attached hydrogen (secondary N) is 1. The molecule has 0 amide bonds. The van der Waals surface area contributed by atoms with Gasteiger partial charge in [-0.3, -0.25) is 0 Å². The van der Waals surface area contributed by atoms with Gasteiger partial charge in [0.05, 0.1) is 12.1 Å². The minimum Gasteiger partial charge on any atom is -0.486 e. The minimum atomic E-state index is -0.216. The Kier molecular flexibility index (Phi) is 3.93. The number of fused-ring (bicyclic) bond motifs is 1. The standard InChI is InChI=1S/C15H23NO2/c1-11(17)7-6-10-16-14-12-8-4-5-9-13(12)18-15(14,2)3/h4-5,8-9,11,14,16-17H,6-7,10H2,1-3H3. The van der Waals surface area contributed by atoms with Crippen molar-refractivity contribution >= 4 is 0 Å². The Hall–Kier alpha value is -1.06. The third kappa shape index (κ3) is 2.85. The van der Waals surface area contributed by atoms with Gasteiger partial charge in [0.15, 0.2) is 0 Å². The SMILES string of the molecule is CC(O)CCCNC1c2ccccc2OC1(C)C. The summed E-state index contributed by atoms with van der Waals surface area (Å²) in [7, 11) is 0. The molecular formula is C15H23NO2. The Morgan fingerprint density at radius 1 is 1.39 bits per heavy atom. The van der Waals surface area contributed by atoms with Gasteiger partial charge in [-0.25, -0.2) is 0 Å². The van der Waals surface area contributed by atoms with E-state index in [2.05, 4.69) is 25.2 Å². The average molecular weight is 249 g/mol. The topological polar surface area (TPSA) is 41.5 Å². The second kappa shape index (κ2) is 5.29. The van der Waals surface area contributed by atoms with Crippen molar-refractivity contribution in [3.05, 3.63) is 29.8 Å². The summed E-state index contributed by atoms with van der Waals surface area (Å²) in [5, 5.41) is 12.8. The van der Waals surface area contributed by atoms with Gasteiger partial charge in [-0.15, -0.1) is 0 Å². The van der Waals surface area contributed by atoms with E-state index in [0.29, 0.717) is 0 Å². The van der Waals surface area contributed by atoms with Crippen molar-refractivity contribution in [1.29, 1.82) is 0 Å². The molecule has 1 aliphatic rings. The molecular weight excluding hydrogens is 226 g/mol. The molecule has 1 aromatic carbocycles. The third-order valence-electron chi connectivity index (χ3n) is 3.45. The Labute approximate surface area is 109 Å². The highest BCUT2D eigenvalue weighted by atomic mass is 16.5. The number of aliphatic hydroxyl groups is 1. The molecule has 0 saturated carbocycles. The second-order valence-corrected chi connectivity index (χ2v) is 5.62. The fraction of sp³-hybridized carbons (Fsp3) is 0.600. The van der Waals surface area contributed by atoms with Crippen LogP contribution >= 0.6 is 0 Å². The van der Waals surface area contributed by atoms with Crippen LogP contribution in [0.15, 0.2) is 24.3 Å². The maximum atomic E-state index is 9.25. The second-order valence-electron chi connectivity index (χ2n) is 5.62. The molecule has 0 fully saturated rings. The molecule has 0 aromatic heterocycles. The first kappa shape index (κ1) is 13.4. The molecule has 0 aliphatic carbocycles. The number of para-hydroxylation sites is 1. The Balaban J connectivity index is 1.98. The van der Waals surface area contributed by atoms with E-state index in [9.17, 15) is 5.11 Å². The zero-order valence-corrected chi connectivity index (χ0v) is 11.4. The van der Waals surface area contributed by atoms with Gasteiger partial charge in [0, 0.05) is 5.56 Å². The average Bonchev–Trinajstić information content (AvgIpc) is 2.54. The van der Waals surface area contributed by atoms with Crippen LogP contribution in [0.5, 0.6) is 5.75 Å². The van der Waals surface area contributed by atoms with Gasteiger partial charge >= 0.3 is 0 Å². The quantitative estimate of drug-likeness (QED) is 0.788. The van der Waals surface area contributed by atoms with Crippen LogP contribution in [0.4, 0.5) is 0 Å². The lowest BCUT2D eigenvalue weighted by atomic mass is 9.94. The molecule has 2 N–H and O–H groups in total. The van der Waals surface area contributed by atoms with E-state index in [1.54, 1.807) is 0 Å². The summed E-state index contributed by atoms with van der Waals surface area (Å²) < 4.78 is 5.97. The van der Waals surface area contributed by atoms with Gasteiger partial charge in [0.1, 0.15) is 11.4 Å². The van der Waals surface area contributed by atoms with E-state index in [1.165, 1.54) is 5.56 Å². The largest absolute Gasteiger partial charge is 0.486 e. The summed E-state index contributed by atoms with van der Waals surface area (Å²) in [6.07, 6.45) is 1.60. The molecule has 3 nitrogen and oxygen atoms in total. The number of aliphatic hydroxyl groups excluding tert-OH is 1. The summed E-state index contributed by atoms with van der Waals surface area (Å²) in [4.78, 5) is 0. The number of rotatable bonds is 5. The monoisotopic (exact) mass is 249 g/mol. The molecule has 1 aliphatic heterocycles. The third-order valence-corrected chi connectivity index (χ3v) is 3.45. The van der Waals surface area contributed by atoms with Crippen LogP contribution in [0, 0.1) is 0 Å². The normalized spacial score (nSPS) is 22.3. The fourth-order valence-corrected chi connectivity index (χ4v) is 2.53. The minimum absolute atomic E-state index is 0.214. The van der Waals surface area contributed by atoms with Crippen molar-refractivity contribution in [2.45, 2.75) is 51.4 Å². The van der Waals surface area contributed by atoms with Crippen LogP contribution < -0.4 is 10.1 Å². The molecule has 0 saturated heterocycles. The van der Waals surface area contributed by atoms with Crippen LogP contribution in [-0.4, -0.2) is 23.4 Å². The number of ether oxygens (including phenoxy) is 1. The van der Waals surface area contributed by atoms with Gasteiger partial charge in [0.25, 0.3) is 0 Å². The highest BCUT2D eigenvalue weighted by molar-refractivity contribution is 5.42. The maximum absolute atomic E-state index is 9.25. The molecule has 2 rings (SSSR count). The number of hydrogen-bond donors (Lipinski definition) is 2. The molecule has 2 atom stereocenters. The van der Waals surface area contributed by atoms with Crippen LogP contribution in [0.3, 0.4) is 0 Å². The first-order valence-electron chi connectivity index (χ1n) is 6.70. The van der Waals surface area contributed by atoms with E-state index in [4.69, 9.17) is 4.74 Å². The Morgan fingerprint density at radius 2 is 2.11 bits per heavy atom. The van der Waals surface area contributed by atoms with Crippen LogP contribution in [-0.2, 0) is 0 Å². The molecule has 100 valence electrons. The van der Waals surface area contributed by atoms with Gasteiger partial charge < -0.3 is 15.2 Å². The molecule has 0 radical (unpaired) electrons. The van der Waals surface area contributed by atoms with E-state index in [0.717, 1.165) is 25.1 Å². The van der Waals surface area contributed by atoms with Crippen molar-refractivity contribution in [2.24, 2.45) is 0 Å². The Bertz CT molecular complexity index is 401. The summed E-state index contributed by atoms with van der Waals surface area (Å²) >= 11 is 0. The van der Waals surface area contributed by atoms with Crippen molar-refractivity contribution in [1.82, 2.24) is 5.32 Å². The predicted molar refractivity (Wildman–Crippen MR) is 72.8 cm³/mol. The first-order chi connectivity index (χ1) is 8.50. The summed E-state index contributed by atoms with van der Waals surface area (Å²) in [6.45, 7) is 6.95. The molecule has 0 bridgehead atoms. The van der Waals surface area contributed by atoms with Gasteiger partial charge in [0.2, 0.25) is 0 Å². The van der Waals surface area contributed by atoms with Crippen LogP contribution in [0.2, 0.25) is 0 Å². The van der Waals surface area contributed by atoms with Crippen molar-refractivity contribution in [3.8, 4) is 5.75 Å². The molecule has 0 spiro atoms. The molecule has 1 aromatic rings. The zero-order chi connectivity index (χ0) is 13.2. The van der Waals surface area contributed by atoms with Crippen LogP contribution in [0.1, 0.15) is 45.2 Å². The summed E-state index contributed by atoms with van der Waals surface area (Å²) in [5.41, 5.74) is 1.02.